The van der Waals surface area contributed by atoms with Gasteiger partial charge in [0.25, 0.3) is 0 Å². The largest absolute Gasteiger partial charge is 0.477 e. The molecule has 17 heavy (non-hydrogen) atoms. The van der Waals surface area contributed by atoms with Gasteiger partial charge in [-0.25, -0.2) is 14.2 Å². The second-order valence-corrected chi connectivity index (χ2v) is 3.59. The number of hydrogen-bond acceptors (Lipinski definition) is 3. The van der Waals surface area contributed by atoms with E-state index in [2.05, 4.69) is 9.97 Å². The predicted octanol–water partition coefficient (Wildman–Crippen LogP) is 1.47. The minimum absolute atomic E-state index is 0.0757. The highest BCUT2D eigenvalue weighted by molar-refractivity contribution is 5.85. The first-order valence-electron chi connectivity index (χ1n) is 4.93. The van der Waals surface area contributed by atoms with Crippen LogP contribution in [0.25, 0.3) is 0 Å². The van der Waals surface area contributed by atoms with Crippen LogP contribution in [0.5, 0.6) is 0 Å². The van der Waals surface area contributed by atoms with Gasteiger partial charge >= 0.3 is 5.97 Å². The fourth-order valence-corrected chi connectivity index (χ4v) is 1.56. The molecule has 6 heteroatoms. The van der Waals surface area contributed by atoms with Gasteiger partial charge in [0, 0.05) is 6.20 Å². The summed E-state index contributed by atoms with van der Waals surface area (Å²) in [6.07, 6.45) is 3.88. The molecule has 0 spiro atoms. The molecule has 5 nitrogen and oxygen atoms in total. The molecule has 0 saturated heterocycles. The molecular weight excluding hydrogens is 225 g/mol. The van der Waals surface area contributed by atoms with Crippen LogP contribution in [0.1, 0.15) is 21.9 Å². The fourth-order valence-electron chi connectivity index (χ4n) is 1.56. The first-order chi connectivity index (χ1) is 8.08. The smallest absolute Gasteiger partial charge is 0.354 e. The highest BCUT2D eigenvalue weighted by Crippen LogP contribution is 2.10. The number of carboxylic acids is 1. The van der Waals surface area contributed by atoms with Crippen LogP contribution in [0.4, 0.5) is 4.39 Å². The Hall–Kier alpha value is -2.24. The second-order valence-electron chi connectivity index (χ2n) is 3.59. The average Bonchev–Trinajstić information content (AvgIpc) is 2.61. The quantitative estimate of drug-likeness (QED) is 0.874. The van der Waals surface area contributed by atoms with Crippen LogP contribution in [-0.4, -0.2) is 25.6 Å². The highest BCUT2D eigenvalue weighted by Gasteiger charge is 2.13. The van der Waals surface area contributed by atoms with Crippen LogP contribution in [-0.2, 0) is 6.54 Å². The van der Waals surface area contributed by atoms with Gasteiger partial charge < -0.3 is 9.67 Å². The molecule has 0 aromatic carbocycles. The van der Waals surface area contributed by atoms with Crippen molar-refractivity contribution in [3.8, 4) is 0 Å². The van der Waals surface area contributed by atoms with Gasteiger partial charge in [-0.05, 0) is 18.6 Å². The van der Waals surface area contributed by atoms with Gasteiger partial charge in [-0.1, -0.05) is 0 Å². The number of nitrogens with zero attached hydrogens (tertiary/aromatic N) is 3. The lowest BCUT2D eigenvalue weighted by Gasteiger charge is -2.07. The molecule has 0 bridgehead atoms. The van der Waals surface area contributed by atoms with E-state index in [0.717, 1.165) is 6.20 Å². The normalized spacial score (nSPS) is 10.5. The summed E-state index contributed by atoms with van der Waals surface area (Å²) in [7, 11) is 0. The van der Waals surface area contributed by atoms with Crippen molar-refractivity contribution < 1.29 is 14.3 Å². The Morgan fingerprint density at radius 1 is 1.47 bits per heavy atom. The van der Waals surface area contributed by atoms with Gasteiger partial charge in [-0.2, -0.15) is 0 Å². The van der Waals surface area contributed by atoms with E-state index in [-0.39, 0.29) is 12.2 Å². The molecule has 0 aliphatic carbocycles. The van der Waals surface area contributed by atoms with Gasteiger partial charge in [-0.3, -0.25) is 4.98 Å². The number of carbonyl (C=O) groups is 1. The van der Waals surface area contributed by atoms with Crippen LogP contribution in [0, 0.1) is 12.7 Å². The monoisotopic (exact) mass is 235 g/mol. The van der Waals surface area contributed by atoms with Crippen molar-refractivity contribution in [1.29, 1.82) is 0 Å². The molecule has 0 radical (unpaired) electrons. The Balaban J connectivity index is 2.36. The molecule has 0 aliphatic heterocycles. The summed E-state index contributed by atoms with van der Waals surface area (Å²) in [4.78, 5) is 18.6. The Bertz CT molecular complexity index is 566. The van der Waals surface area contributed by atoms with E-state index in [4.69, 9.17) is 5.11 Å². The van der Waals surface area contributed by atoms with Gasteiger partial charge in [0.1, 0.15) is 17.3 Å². The maximum absolute atomic E-state index is 13.0. The number of pyridine rings is 1. The average molecular weight is 235 g/mol. The molecule has 0 fully saturated rings. The predicted molar refractivity (Wildman–Crippen MR) is 57.2 cm³/mol. The van der Waals surface area contributed by atoms with E-state index < -0.39 is 11.8 Å². The van der Waals surface area contributed by atoms with Gasteiger partial charge in [0.15, 0.2) is 0 Å². The fraction of sp³-hybridized carbons (Fsp3) is 0.182. The molecule has 0 atom stereocenters. The first kappa shape index (κ1) is 11.3. The van der Waals surface area contributed by atoms with Gasteiger partial charge in [0.05, 0.1) is 18.9 Å². The van der Waals surface area contributed by atoms with Crippen molar-refractivity contribution in [2.45, 2.75) is 13.5 Å². The molecular formula is C11H10FN3O2. The highest BCUT2D eigenvalue weighted by atomic mass is 19.1. The molecule has 0 aliphatic rings. The first-order valence-corrected chi connectivity index (χ1v) is 4.93. The molecule has 2 aromatic heterocycles. The molecule has 88 valence electrons. The van der Waals surface area contributed by atoms with Crippen LogP contribution in [0.15, 0.2) is 24.7 Å². The minimum atomic E-state index is -1.06. The lowest BCUT2D eigenvalue weighted by atomic mass is 10.2. The van der Waals surface area contributed by atoms with Gasteiger partial charge in [-0.15, -0.1) is 0 Å². The zero-order chi connectivity index (χ0) is 12.4. The van der Waals surface area contributed by atoms with Crippen molar-refractivity contribution in [1.82, 2.24) is 14.5 Å². The molecule has 0 unspecified atom stereocenters. The maximum Gasteiger partial charge on any atom is 0.354 e. The zero-order valence-electron chi connectivity index (χ0n) is 9.09. The Morgan fingerprint density at radius 2 is 2.24 bits per heavy atom. The van der Waals surface area contributed by atoms with E-state index in [1.54, 1.807) is 6.92 Å². The van der Waals surface area contributed by atoms with E-state index in [0.29, 0.717) is 11.4 Å². The molecule has 0 amide bonds. The standard InChI is InChI=1S/C11H10FN3O2/c1-7-14-5-10(11(16)17)15(7)6-8-2-9(12)4-13-3-8/h2-5H,6H2,1H3,(H,16,17). The third kappa shape index (κ3) is 2.30. The lowest BCUT2D eigenvalue weighted by molar-refractivity contribution is 0.0685. The molecule has 2 heterocycles. The zero-order valence-corrected chi connectivity index (χ0v) is 9.09. The van der Waals surface area contributed by atoms with E-state index in [9.17, 15) is 9.18 Å². The topological polar surface area (TPSA) is 68.0 Å². The Morgan fingerprint density at radius 3 is 2.88 bits per heavy atom. The van der Waals surface area contributed by atoms with Crippen LogP contribution < -0.4 is 0 Å². The summed E-state index contributed by atoms with van der Waals surface area (Å²) in [6, 6.07) is 1.32. The van der Waals surface area contributed by atoms with Crippen molar-refractivity contribution in [2.24, 2.45) is 0 Å². The number of aromatic carboxylic acids is 1. The summed E-state index contributed by atoms with van der Waals surface area (Å²) in [5, 5.41) is 8.96. The van der Waals surface area contributed by atoms with E-state index in [1.807, 2.05) is 0 Å². The number of hydrogen-bond donors (Lipinski definition) is 1. The number of aromatic nitrogens is 3. The lowest BCUT2D eigenvalue weighted by Crippen LogP contribution is -2.11. The third-order valence-corrected chi connectivity index (χ3v) is 2.38. The SMILES string of the molecule is Cc1ncc(C(=O)O)n1Cc1cncc(F)c1. The van der Waals surface area contributed by atoms with Crippen molar-refractivity contribution in [2.75, 3.05) is 0 Å². The summed E-state index contributed by atoms with van der Waals surface area (Å²) in [6.45, 7) is 1.93. The molecule has 0 saturated carbocycles. The molecule has 2 aromatic rings. The van der Waals surface area contributed by atoms with E-state index in [1.165, 1.54) is 23.0 Å². The summed E-state index contributed by atoms with van der Waals surface area (Å²) < 4.78 is 14.5. The minimum Gasteiger partial charge on any atom is -0.477 e. The third-order valence-electron chi connectivity index (χ3n) is 2.38. The van der Waals surface area contributed by atoms with Crippen LogP contribution in [0.2, 0.25) is 0 Å². The Labute approximate surface area is 96.6 Å². The van der Waals surface area contributed by atoms with Crippen molar-refractivity contribution in [3.05, 3.63) is 47.6 Å². The molecule has 1 N–H and O–H groups in total. The Kier molecular flexibility index (Phi) is 2.86. The number of rotatable bonds is 3. The summed E-state index contributed by atoms with van der Waals surface area (Å²) in [5.41, 5.74) is 0.667. The second kappa shape index (κ2) is 4.32. The van der Waals surface area contributed by atoms with Crippen molar-refractivity contribution in [3.63, 3.8) is 0 Å². The summed E-state index contributed by atoms with van der Waals surface area (Å²) >= 11 is 0. The number of imidazole rings is 1. The summed E-state index contributed by atoms with van der Waals surface area (Å²) in [5.74, 6) is -0.946. The maximum atomic E-state index is 13.0. The number of aryl methyl sites for hydroxylation is 1. The van der Waals surface area contributed by atoms with E-state index >= 15 is 0 Å². The van der Waals surface area contributed by atoms with Gasteiger partial charge in [0.2, 0.25) is 0 Å². The van der Waals surface area contributed by atoms with Crippen LogP contribution in [0.3, 0.4) is 0 Å². The van der Waals surface area contributed by atoms with Crippen LogP contribution >= 0.6 is 0 Å². The molecule has 2 rings (SSSR count). The number of carboxylic acid groups (broad SMARTS) is 1. The van der Waals surface area contributed by atoms with Crippen molar-refractivity contribution >= 4 is 5.97 Å². The number of halogens is 1.